The van der Waals surface area contributed by atoms with Gasteiger partial charge >= 0.3 is 6.09 Å². The molecule has 2 aromatic rings. The molecule has 0 aliphatic heterocycles. The van der Waals surface area contributed by atoms with Crippen molar-refractivity contribution in [1.82, 2.24) is 5.01 Å². The van der Waals surface area contributed by atoms with E-state index >= 15 is 0 Å². The maximum Gasteiger partial charge on any atom is 0.434 e. The number of hydrogen-bond acceptors (Lipinski definition) is 6. The molecule has 2 aromatic carbocycles. The maximum atomic E-state index is 12.3. The molecule has 0 saturated heterocycles. The Morgan fingerprint density at radius 3 is 2.28 bits per heavy atom. The lowest BCUT2D eigenvalue weighted by atomic mass is 10.2. The quantitative estimate of drug-likeness (QED) is 0.409. The summed E-state index contributed by atoms with van der Waals surface area (Å²) in [6.07, 6.45) is -0.806. The van der Waals surface area contributed by atoms with Crippen LogP contribution in [0.5, 0.6) is 0 Å². The fourth-order valence-corrected chi connectivity index (χ4v) is 2.12. The summed E-state index contributed by atoms with van der Waals surface area (Å²) in [4.78, 5) is 23.5. The number of carbonyl (C=O) groups excluding carboxylic acids is 2. The molecule has 130 valence electrons. The van der Waals surface area contributed by atoms with E-state index in [2.05, 4.69) is 18.1 Å². The van der Waals surface area contributed by atoms with Crippen molar-refractivity contribution in [2.45, 2.75) is 13.2 Å². The van der Waals surface area contributed by atoms with Crippen LogP contribution in [-0.4, -0.2) is 21.2 Å². The molecule has 0 unspecified atom stereocenters. The molecule has 0 spiro atoms. The van der Waals surface area contributed by atoms with Gasteiger partial charge < -0.3 is 10.5 Å². The van der Waals surface area contributed by atoms with Gasteiger partial charge in [0.25, 0.3) is 0 Å². The van der Waals surface area contributed by atoms with Crippen molar-refractivity contribution in [3.05, 3.63) is 65.7 Å². The largest absolute Gasteiger partial charge is 0.443 e. The summed E-state index contributed by atoms with van der Waals surface area (Å²) in [6, 6.07) is 16.2. The molecule has 0 aliphatic rings. The number of nitrogens with zero attached hydrogens (tertiary/aromatic N) is 1. The van der Waals surface area contributed by atoms with Crippen LogP contribution in [0.3, 0.4) is 0 Å². The number of hydrogen-bond donors (Lipinski definition) is 3. The number of rotatable bonds is 6. The summed E-state index contributed by atoms with van der Waals surface area (Å²) in [7, 11) is 0. The number of thiocarbonyl (C=S) groups is 1. The first-order valence-corrected chi connectivity index (χ1v) is 8.20. The minimum Gasteiger partial charge on any atom is -0.443 e. The van der Waals surface area contributed by atoms with Gasteiger partial charge in [-0.15, -0.1) is 0 Å². The van der Waals surface area contributed by atoms with E-state index in [9.17, 15) is 9.59 Å². The van der Waals surface area contributed by atoms with E-state index in [1.165, 1.54) is 0 Å². The Kier molecular flexibility index (Phi) is 6.93. The predicted molar refractivity (Wildman–Crippen MR) is 103 cm³/mol. The van der Waals surface area contributed by atoms with E-state index in [0.717, 1.165) is 16.1 Å². The molecule has 0 radical (unpaired) electrons. The second-order valence-electron chi connectivity index (χ2n) is 5.00. The molecule has 2 rings (SSSR count). The second-order valence-corrected chi connectivity index (χ2v) is 5.79. The number of amides is 1. The van der Waals surface area contributed by atoms with E-state index in [4.69, 9.17) is 22.7 Å². The molecule has 0 heterocycles. The Hall–Kier alpha value is -2.42. The average molecular weight is 375 g/mol. The van der Waals surface area contributed by atoms with Crippen LogP contribution >= 0.6 is 24.8 Å². The van der Waals surface area contributed by atoms with Gasteiger partial charge in [-0.05, 0) is 23.3 Å². The topological polar surface area (TPSA) is 84.7 Å². The van der Waals surface area contributed by atoms with Gasteiger partial charge in [-0.1, -0.05) is 67.3 Å². The Morgan fingerprint density at radius 2 is 1.72 bits per heavy atom. The third-order valence-corrected chi connectivity index (χ3v) is 3.94. The SMILES string of the molecule is NCc1ccc(NN(C(=O)OCc2ccccc2)C(=S)C(=O)S)cc1. The minimum absolute atomic E-state index is 0.0489. The van der Waals surface area contributed by atoms with Crippen molar-refractivity contribution in [3.8, 4) is 0 Å². The summed E-state index contributed by atoms with van der Waals surface area (Å²) in [6.45, 7) is 0.448. The zero-order valence-electron chi connectivity index (χ0n) is 13.2. The predicted octanol–water partition coefficient (Wildman–Crippen LogP) is 2.89. The highest BCUT2D eigenvalue weighted by Crippen LogP contribution is 2.13. The molecule has 0 saturated carbocycles. The van der Waals surface area contributed by atoms with Crippen LogP contribution in [0, 0.1) is 0 Å². The number of anilines is 1. The number of nitrogens with one attached hydrogen (secondary N) is 1. The summed E-state index contributed by atoms with van der Waals surface area (Å²) in [5.74, 6) is 0. The van der Waals surface area contributed by atoms with Crippen LogP contribution in [0.25, 0.3) is 0 Å². The molecule has 6 nitrogen and oxygen atoms in total. The summed E-state index contributed by atoms with van der Waals surface area (Å²) in [5.41, 5.74) is 10.6. The zero-order valence-corrected chi connectivity index (χ0v) is 14.9. The Bertz CT molecular complexity index is 751. The molecular formula is C17H17N3O3S2. The lowest BCUT2D eigenvalue weighted by molar-refractivity contribution is -0.105. The number of ether oxygens (including phenoxy) is 1. The molecule has 0 bridgehead atoms. The number of nitrogens with two attached hydrogens (primary N) is 1. The molecule has 1 amide bonds. The van der Waals surface area contributed by atoms with Crippen molar-refractivity contribution in [3.63, 3.8) is 0 Å². The standard InChI is InChI=1S/C17H17N3O3S2/c18-10-12-6-8-14(9-7-12)19-20(15(24)16(21)25)17(22)23-11-13-4-2-1-3-5-13/h1-9,19H,10-11,18H2,(H,21,25). The molecule has 0 aliphatic carbocycles. The number of benzene rings is 2. The summed E-state index contributed by atoms with van der Waals surface area (Å²) >= 11 is 8.65. The van der Waals surface area contributed by atoms with Gasteiger partial charge in [0.15, 0.2) is 4.99 Å². The van der Waals surface area contributed by atoms with Crippen LogP contribution in [0.1, 0.15) is 11.1 Å². The van der Waals surface area contributed by atoms with Crippen LogP contribution in [-0.2, 0) is 22.7 Å². The first-order chi connectivity index (χ1) is 12.0. The smallest absolute Gasteiger partial charge is 0.434 e. The van der Waals surface area contributed by atoms with Crippen LogP contribution in [0.15, 0.2) is 54.6 Å². The average Bonchev–Trinajstić information content (AvgIpc) is 2.64. The van der Waals surface area contributed by atoms with E-state index in [1.807, 2.05) is 30.3 Å². The molecule has 25 heavy (non-hydrogen) atoms. The Morgan fingerprint density at radius 1 is 1.08 bits per heavy atom. The van der Waals surface area contributed by atoms with Crippen LogP contribution < -0.4 is 11.2 Å². The highest BCUT2D eigenvalue weighted by Gasteiger charge is 2.24. The number of thiol groups is 1. The van der Waals surface area contributed by atoms with Gasteiger partial charge in [0.05, 0.1) is 5.69 Å². The fourth-order valence-electron chi connectivity index (χ4n) is 1.90. The lowest BCUT2D eigenvalue weighted by Gasteiger charge is -2.22. The molecule has 0 atom stereocenters. The van der Waals surface area contributed by atoms with Crippen LogP contribution in [0.4, 0.5) is 10.5 Å². The molecule has 0 fully saturated rings. The van der Waals surface area contributed by atoms with E-state index in [0.29, 0.717) is 12.2 Å². The molecular weight excluding hydrogens is 358 g/mol. The van der Waals surface area contributed by atoms with E-state index in [-0.39, 0.29) is 11.6 Å². The van der Waals surface area contributed by atoms with Gasteiger partial charge in [0.1, 0.15) is 6.61 Å². The molecule has 3 N–H and O–H groups in total. The summed E-state index contributed by atoms with van der Waals surface area (Å²) in [5, 5.41) is 0.128. The minimum atomic E-state index is -0.806. The first-order valence-electron chi connectivity index (χ1n) is 7.35. The van der Waals surface area contributed by atoms with E-state index in [1.54, 1.807) is 24.3 Å². The Labute approximate surface area is 156 Å². The number of carbonyl (C=O) groups is 2. The van der Waals surface area contributed by atoms with Crippen molar-refractivity contribution < 1.29 is 14.3 Å². The third kappa shape index (κ3) is 5.56. The van der Waals surface area contributed by atoms with Crippen LogP contribution in [0.2, 0.25) is 0 Å². The first kappa shape index (κ1) is 18.9. The van der Waals surface area contributed by atoms with E-state index < -0.39 is 11.2 Å². The Balaban J connectivity index is 2.09. The van der Waals surface area contributed by atoms with Gasteiger partial charge in [-0.25, -0.2) is 4.79 Å². The van der Waals surface area contributed by atoms with Crippen molar-refractivity contribution in [2.75, 3.05) is 5.43 Å². The van der Waals surface area contributed by atoms with Crippen molar-refractivity contribution in [1.29, 1.82) is 0 Å². The van der Waals surface area contributed by atoms with Gasteiger partial charge in [0, 0.05) is 6.54 Å². The third-order valence-electron chi connectivity index (χ3n) is 3.20. The maximum absolute atomic E-state index is 12.3. The molecule has 8 heteroatoms. The highest BCUT2D eigenvalue weighted by molar-refractivity contribution is 8.02. The fraction of sp³-hybridized carbons (Fsp3) is 0.118. The van der Waals surface area contributed by atoms with Crippen molar-refractivity contribution in [2.24, 2.45) is 5.73 Å². The number of hydrazine groups is 1. The van der Waals surface area contributed by atoms with Gasteiger partial charge in [-0.3, -0.25) is 10.2 Å². The normalized spacial score (nSPS) is 10.0. The second kappa shape index (κ2) is 9.16. The van der Waals surface area contributed by atoms with Gasteiger partial charge in [-0.2, -0.15) is 5.01 Å². The summed E-state index contributed by atoms with van der Waals surface area (Å²) < 4.78 is 5.21. The molecule has 0 aromatic heterocycles. The monoisotopic (exact) mass is 375 g/mol. The van der Waals surface area contributed by atoms with Crippen molar-refractivity contribution >= 4 is 46.7 Å². The highest BCUT2D eigenvalue weighted by atomic mass is 32.1. The van der Waals surface area contributed by atoms with Gasteiger partial charge in [0.2, 0.25) is 5.12 Å². The zero-order chi connectivity index (χ0) is 18.2. The lowest BCUT2D eigenvalue weighted by Crippen LogP contribution is -2.43.